The number of benzene rings is 2. The molecule has 0 radical (unpaired) electrons. The number of hydrogen-bond donors (Lipinski definition) is 0. The van der Waals surface area contributed by atoms with Crippen LogP contribution in [0.3, 0.4) is 0 Å². The quantitative estimate of drug-likeness (QED) is 0.541. The monoisotopic (exact) mass is 270 g/mol. The van der Waals surface area contributed by atoms with Crippen molar-refractivity contribution in [1.82, 2.24) is 0 Å². The summed E-state index contributed by atoms with van der Waals surface area (Å²) in [5.41, 5.74) is 3.48. The van der Waals surface area contributed by atoms with Crippen LogP contribution in [0.2, 0.25) is 0 Å². The minimum atomic E-state index is 0.704. The van der Waals surface area contributed by atoms with E-state index in [1.165, 1.54) is 11.1 Å². The molecule has 0 saturated heterocycles. The highest BCUT2D eigenvalue weighted by Gasteiger charge is 2.00. The molecular weight excluding hydrogens is 260 g/mol. The van der Waals surface area contributed by atoms with Gasteiger partial charge >= 0.3 is 0 Å². The van der Waals surface area contributed by atoms with Gasteiger partial charge in [0.2, 0.25) is 0 Å². The lowest BCUT2D eigenvalue weighted by Crippen LogP contribution is -1.83. The van der Waals surface area contributed by atoms with E-state index in [4.69, 9.17) is 0 Å². The van der Waals surface area contributed by atoms with Gasteiger partial charge in [0.25, 0.3) is 0 Å². The predicted octanol–water partition coefficient (Wildman–Crippen LogP) is 4.10. The fourth-order valence-corrected chi connectivity index (χ4v) is 1.73. The van der Waals surface area contributed by atoms with Crippen molar-refractivity contribution in [3.63, 3.8) is 0 Å². The third kappa shape index (κ3) is 2.53. The average Bonchev–Trinajstić information content (AvgIpc) is 2.38. The number of alkyl halides is 1. The van der Waals surface area contributed by atoms with E-state index in [1.54, 1.807) is 0 Å². The predicted molar refractivity (Wildman–Crippen MR) is 72.6 cm³/mol. The molecule has 0 aliphatic heterocycles. The van der Waals surface area contributed by atoms with E-state index in [0.717, 1.165) is 5.56 Å². The van der Waals surface area contributed by atoms with E-state index in [0.29, 0.717) is 5.33 Å². The topological polar surface area (TPSA) is 0 Å². The third-order valence-electron chi connectivity index (χ3n) is 2.30. The molecule has 0 nitrogen and oxygen atoms in total. The van der Waals surface area contributed by atoms with Crippen LogP contribution >= 0.6 is 15.9 Å². The zero-order valence-corrected chi connectivity index (χ0v) is 10.4. The molecule has 0 aliphatic carbocycles. The smallest absolute Gasteiger partial charge is 0.0649 e. The van der Waals surface area contributed by atoms with Crippen molar-refractivity contribution in [2.24, 2.45) is 0 Å². The molecule has 2 rings (SSSR count). The molecule has 0 aliphatic rings. The van der Waals surface area contributed by atoms with Crippen LogP contribution in [0.15, 0.2) is 54.6 Å². The zero-order chi connectivity index (χ0) is 11.2. The molecule has 0 spiro atoms. The Balaban J connectivity index is 2.49. The van der Waals surface area contributed by atoms with Crippen LogP contribution in [0.25, 0.3) is 11.1 Å². The van der Waals surface area contributed by atoms with Crippen LogP contribution in [-0.2, 0) is 0 Å². The highest BCUT2D eigenvalue weighted by Crippen LogP contribution is 2.22. The summed E-state index contributed by atoms with van der Waals surface area (Å²) in [6.45, 7) is 0. The summed E-state index contributed by atoms with van der Waals surface area (Å²) in [7, 11) is 0. The Labute approximate surface area is 104 Å². The Kier molecular flexibility index (Phi) is 3.80. The highest BCUT2D eigenvalue weighted by molar-refractivity contribution is 9.09. The van der Waals surface area contributed by atoms with Crippen molar-refractivity contribution in [2.75, 3.05) is 5.33 Å². The maximum Gasteiger partial charge on any atom is 0.0649 e. The summed E-state index contributed by atoms with van der Waals surface area (Å²) < 4.78 is 0. The lowest BCUT2D eigenvalue weighted by Gasteiger charge is -2.03. The minimum Gasteiger partial charge on any atom is -0.0863 e. The van der Waals surface area contributed by atoms with Gasteiger partial charge in [-0.3, -0.25) is 0 Å². The second-order valence-electron chi connectivity index (χ2n) is 3.35. The number of rotatable bonds is 1. The molecule has 0 amide bonds. The first-order chi connectivity index (χ1) is 7.92. The molecular formula is C15H11Br. The van der Waals surface area contributed by atoms with Gasteiger partial charge in [-0.15, -0.1) is 0 Å². The lowest BCUT2D eigenvalue weighted by atomic mass is 10.0. The molecule has 0 atom stereocenters. The molecule has 0 unspecified atom stereocenters. The average molecular weight is 271 g/mol. The molecule has 2 aromatic carbocycles. The molecule has 16 heavy (non-hydrogen) atoms. The molecule has 78 valence electrons. The first-order valence-electron chi connectivity index (χ1n) is 5.11. The normalized spacial score (nSPS) is 9.31. The van der Waals surface area contributed by atoms with Crippen LogP contribution in [0, 0.1) is 11.8 Å². The lowest BCUT2D eigenvalue weighted by molar-refractivity contribution is 1.58. The Bertz CT molecular complexity index is 518. The fourth-order valence-electron chi connectivity index (χ4n) is 1.59. The van der Waals surface area contributed by atoms with Gasteiger partial charge < -0.3 is 0 Å². The van der Waals surface area contributed by atoms with E-state index >= 15 is 0 Å². The minimum absolute atomic E-state index is 0.704. The molecule has 0 fully saturated rings. The van der Waals surface area contributed by atoms with Gasteiger partial charge in [-0.1, -0.05) is 76.3 Å². The van der Waals surface area contributed by atoms with Gasteiger partial charge in [-0.05, 0) is 17.2 Å². The Hall–Kier alpha value is -1.52. The maximum absolute atomic E-state index is 3.31. The van der Waals surface area contributed by atoms with Crippen molar-refractivity contribution in [2.45, 2.75) is 0 Å². The molecule has 0 saturated carbocycles. The standard InChI is InChI=1S/C15H11Br/c16-12-6-10-14-9-4-5-11-15(14)13-7-2-1-3-8-13/h1-5,7-9,11H,12H2. The molecule has 1 heteroatoms. The van der Waals surface area contributed by atoms with E-state index < -0.39 is 0 Å². The summed E-state index contributed by atoms with van der Waals surface area (Å²) in [6.07, 6.45) is 0. The van der Waals surface area contributed by atoms with Crippen LogP contribution < -0.4 is 0 Å². The third-order valence-corrected chi connectivity index (χ3v) is 2.58. The van der Waals surface area contributed by atoms with Crippen molar-refractivity contribution in [3.05, 3.63) is 60.2 Å². The van der Waals surface area contributed by atoms with Gasteiger partial charge in [0.15, 0.2) is 0 Å². The highest BCUT2D eigenvalue weighted by atomic mass is 79.9. The van der Waals surface area contributed by atoms with E-state index in [9.17, 15) is 0 Å². The van der Waals surface area contributed by atoms with Gasteiger partial charge in [-0.2, -0.15) is 0 Å². The van der Waals surface area contributed by atoms with Crippen LogP contribution in [0.5, 0.6) is 0 Å². The summed E-state index contributed by atoms with van der Waals surface area (Å²) in [5.74, 6) is 6.21. The fraction of sp³-hybridized carbons (Fsp3) is 0.0667. The van der Waals surface area contributed by atoms with Crippen LogP contribution in [0.4, 0.5) is 0 Å². The largest absolute Gasteiger partial charge is 0.0863 e. The molecule has 0 aromatic heterocycles. The van der Waals surface area contributed by atoms with E-state index in [1.807, 2.05) is 30.3 Å². The Morgan fingerprint density at radius 3 is 2.31 bits per heavy atom. The summed E-state index contributed by atoms with van der Waals surface area (Å²) in [5, 5.41) is 0.704. The molecule has 2 aromatic rings. The molecule has 0 heterocycles. The van der Waals surface area contributed by atoms with Crippen molar-refractivity contribution < 1.29 is 0 Å². The second kappa shape index (κ2) is 5.53. The van der Waals surface area contributed by atoms with Crippen LogP contribution in [-0.4, -0.2) is 5.33 Å². The summed E-state index contributed by atoms with van der Waals surface area (Å²) in [4.78, 5) is 0. The SMILES string of the molecule is BrCC#Cc1ccccc1-c1ccccc1. The number of hydrogen-bond acceptors (Lipinski definition) is 0. The zero-order valence-electron chi connectivity index (χ0n) is 8.78. The van der Waals surface area contributed by atoms with Gasteiger partial charge in [0, 0.05) is 5.56 Å². The van der Waals surface area contributed by atoms with Gasteiger partial charge in [0.1, 0.15) is 0 Å². The van der Waals surface area contributed by atoms with Gasteiger partial charge in [0.05, 0.1) is 5.33 Å². The summed E-state index contributed by atoms with van der Waals surface area (Å²) in [6, 6.07) is 18.5. The van der Waals surface area contributed by atoms with E-state index in [-0.39, 0.29) is 0 Å². The van der Waals surface area contributed by atoms with Crippen LogP contribution in [0.1, 0.15) is 5.56 Å². The van der Waals surface area contributed by atoms with Crippen molar-refractivity contribution >= 4 is 15.9 Å². The van der Waals surface area contributed by atoms with Crippen molar-refractivity contribution in [1.29, 1.82) is 0 Å². The second-order valence-corrected chi connectivity index (χ2v) is 3.91. The Morgan fingerprint density at radius 2 is 1.56 bits per heavy atom. The first kappa shape index (κ1) is 11.0. The maximum atomic E-state index is 3.31. The Morgan fingerprint density at radius 1 is 0.875 bits per heavy atom. The van der Waals surface area contributed by atoms with Crippen molar-refractivity contribution in [3.8, 4) is 23.0 Å². The van der Waals surface area contributed by atoms with Gasteiger partial charge in [-0.25, -0.2) is 0 Å². The molecule has 0 N–H and O–H groups in total. The summed E-state index contributed by atoms with van der Waals surface area (Å²) >= 11 is 3.31. The number of halogens is 1. The first-order valence-corrected chi connectivity index (χ1v) is 6.23. The molecule has 0 bridgehead atoms. The van der Waals surface area contributed by atoms with E-state index in [2.05, 4.69) is 52.0 Å².